The van der Waals surface area contributed by atoms with E-state index in [1.165, 1.54) is 19.2 Å². The molecule has 1 aliphatic heterocycles. The van der Waals surface area contributed by atoms with Crippen molar-refractivity contribution in [3.05, 3.63) is 39.4 Å². The van der Waals surface area contributed by atoms with Crippen molar-refractivity contribution in [1.29, 1.82) is 0 Å². The first-order valence-corrected chi connectivity index (χ1v) is 5.88. The number of rotatable bonds is 5. The average Bonchev–Trinajstić information content (AvgIpc) is 2.45. The van der Waals surface area contributed by atoms with E-state index in [2.05, 4.69) is 4.89 Å². The standard InChI is InChI=1S/C12H15NO6/c1-16-19-8-9-7-10(13(14)15)3-4-11(9)12-17-5-2-6-18-12/h3-4,7,12H,2,5-6,8H2,1H3. The van der Waals surface area contributed by atoms with Crippen LogP contribution in [-0.4, -0.2) is 25.2 Å². The first kappa shape index (κ1) is 13.9. The lowest BCUT2D eigenvalue weighted by Crippen LogP contribution is -2.19. The summed E-state index contributed by atoms with van der Waals surface area (Å²) >= 11 is 0. The van der Waals surface area contributed by atoms with Crippen LogP contribution in [0.4, 0.5) is 5.69 Å². The molecule has 1 aliphatic rings. The van der Waals surface area contributed by atoms with Crippen LogP contribution in [0.5, 0.6) is 0 Å². The van der Waals surface area contributed by atoms with Gasteiger partial charge in [0.2, 0.25) is 0 Å². The van der Waals surface area contributed by atoms with Crippen LogP contribution in [0.1, 0.15) is 23.8 Å². The quantitative estimate of drug-likeness (QED) is 0.462. The van der Waals surface area contributed by atoms with Gasteiger partial charge in [-0.3, -0.25) is 10.1 Å². The van der Waals surface area contributed by atoms with E-state index in [1.807, 2.05) is 0 Å². The first-order valence-electron chi connectivity index (χ1n) is 5.88. The summed E-state index contributed by atoms with van der Waals surface area (Å²) in [5, 5.41) is 10.8. The Labute approximate surface area is 110 Å². The Morgan fingerprint density at radius 2 is 2.16 bits per heavy atom. The highest BCUT2D eigenvalue weighted by atomic mass is 17.2. The molecule has 0 aliphatic carbocycles. The van der Waals surface area contributed by atoms with E-state index in [0.29, 0.717) is 18.8 Å². The third kappa shape index (κ3) is 3.48. The van der Waals surface area contributed by atoms with Crippen molar-refractivity contribution < 1.29 is 24.2 Å². The minimum Gasteiger partial charge on any atom is -0.348 e. The summed E-state index contributed by atoms with van der Waals surface area (Å²) in [7, 11) is 1.38. The van der Waals surface area contributed by atoms with E-state index in [1.54, 1.807) is 6.07 Å². The van der Waals surface area contributed by atoms with Gasteiger partial charge in [0, 0.05) is 17.7 Å². The summed E-state index contributed by atoms with van der Waals surface area (Å²) in [6, 6.07) is 4.49. The average molecular weight is 269 g/mol. The number of nitrogens with zero attached hydrogens (tertiary/aromatic N) is 1. The zero-order valence-electron chi connectivity index (χ0n) is 10.5. The topological polar surface area (TPSA) is 80.1 Å². The molecule has 0 radical (unpaired) electrons. The van der Waals surface area contributed by atoms with Crippen LogP contribution < -0.4 is 0 Å². The Hall–Kier alpha value is -1.54. The number of ether oxygens (including phenoxy) is 2. The van der Waals surface area contributed by atoms with Crippen molar-refractivity contribution in [1.82, 2.24) is 0 Å². The van der Waals surface area contributed by atoms with Crippen LogP contribution in [0.3, 0.4) is 0 Å². The lowest BCUT2D eigenvalue weighted by Gasteiger charge is -2.25. The van der Waals surface area contributed by atoms with Crippen LogP contribution in [0.15, 0.2) is 18.2 Å². The second kappa shape index (κ2) is 6.58. The third-order valence-electron chi connectivity index (χ3n) is 2.75. The van der Waals surface area contributed by atoms with Gasteiger partial charge in [-0.15, -0.1) is 0 Å². The van der Waals surface area contributed by atoms with Crippen LogP contribution in [-0.2, 0) is 25.9 Å². The molecule has 7 heteroatoms. The van der Waals surface area contributed by atoms with Gasteiger partial charge in [-0.05, 0) is 18.1 Å². The van der Waals surface area contributed by atoms with Crippen LogP contribution >= 0.6 is 0 Å². The van der Waals surface area contributed by atoms with Gasteiger partial charge in [0.1, 0.15) is 6.61 Å². The predicted molar refractivity (Wildman–Crippen MR) is 64.2 cm³/mol. The Morgan fingerprint density at radius 1 is 1.42 bits per heavy atom. The van der Waals surface area contributed by atoms with Crippen molar-refractivity contribution in [2.24, 2.45) is 0 Å². The van der Waals surface area contributed by atoms with Gasteiger partial charge in [0.25, 0.3) is 5.69 Å². The van der Waals surface area contributed by atoms with Gasteiger partial charge in [0.05, 0.1) is 25.2 Å². The summed E-state index contributed by atoms with van der Waals surface area (Å²) < 4.78 is 11.0. The van der Waals surface area contributed by atoms with Gasteiger partial charge >= 0.3 is 0 Å². The molecule has 7 nitrogen and oxygen atoms in total. The monoisotopic (exact) mass is 269 g/mol. The molecule has 0 spiro atoms. The van der Waals surface area contributed by atoms with Crippen LogP contribution in [0, 0.1) is 10.1 Å². The highest BCUT2D eigenvalue weighted by Crippen LogP contribution is 2.29. The van der Waals surface area contributed by atoms with Gasteiger partial charge in [-0.2, -0.15) is 0 Å². The highest BCUT2D eigenvalue weighted by molar-refractivity contribution is 5.40. The maximum atomic E-state index is 10.8. The molecule has 0 saturated carbocycles. The molecule has 0 unspecified atom stereocenters. The molecule has 0 amide bonds. The van der Waals surface area contributed by atoms with Crippen molar-refractivity contribution in [2.75, 3.05) is 20.3 Å². The van der Waals surface area contributed by atoms with E-state index in [-0.39, 0.29) is 12.3 Å². The fourth-order valence-corrected chi connectivity index (χ4v) is 1.85. The summed E-state index contributed by atoms with van der Waals surface area (Å²) in [4.78, 5) is 19.7. The van der Waals surface area contributed by atoms with E-state index in [0.717, 1.165) is 12.0 Å². The number of hydrogen-bond acceptors (Lipinski definition) is 6. The molecule has 104 valence electrons. The second-order valence-electron chi connectivity index (χ2n) is 4.00. The van der Waals surface area contributed by atoms with Gasteiger partial charge in [-0.1, -0.05) is 0 Å². The molecular formula is C12H15NO6. The highest BCUT2D eigenvalue weighted by Gasteiger charge is 2.22. The Bertz CT molecular complexity index is 444. The lowest BCUT2D eigenvalue weighted by molar-refractivity contribution is -0.385. The molecule has 19 heavy (non-hydrogen) atoms. The zero-order chi connectivity index (χ0) is 13.7. The van der Waals surface area contributed by atoms with Crippen molar-refractivity contribution in [3.63, 3.8) is 0 Å². The van der Waals surface area contributed by atoms with Gasteiger partial charge in [-0.25, -0.2) is 9.78 Å². The number of nitro groups is 1. The lowest BCUT2D eigenvalue weighted by atomic mass is 10.1. The molecule has 1 fully saturated rings. The molecule has 0 atom stereocenters. The minimum atomic E-state index is -0.509. The first-order chi connectivity index (χ1) is 9.22. The molecule has 1 aromatic carbocycles. The third-order valence-corrected chi connectivity index (χ3v) is 2.75. The van der Waals surface area contributed by atoms with E-state index < -0.39 is 11.2 Å². The maximum absolute atomic E-state index is 10.8. The van der Waals surface area contributed by atoms with Crippen molar-refractivity contribution in [2.45, 2.75) is 19.3 Å². The SMILES string of the molecule is COOCc1cc([N+](=O)[O-])ccc1C1OCCCO1. The molecule has 0 aromatic heterocycles. The number of benzene rings is 1. The largest absolute Gasteiger partial charge is 0.348 e. The molecule has 0 N–H and O–H groups in total. The Kier molecular flexibility index (Phi) is 4.80. The van der Waals surface area contributed by atoms with Crippen LogP contribution in [0.2, 0.25) is 0 Å². The van der Waals surface area contributed by atoms with Crippen LogP contribution in [0.25, 0.3) is 0 Å². The van der Waals surface area contributed by atoms with Gasteiger partial charge in [0.15, 0.2) is 6.29 Å². The summed E-state index contributed by atoms with van der Waals surface area (Å²) in [6.45, 7) is 1.30. The number of nitro benzene ring substituents is 1. The summed E-state index contributed by atoms with van der Waals surface area (Å²) in [6.07, 6.45) is 0.331. The summed E-state index contributed by atoms with van der Waals surface area (Å²) in [5.41, 5.74) is 1.33. The fraction of sp³-hybridized carbons (Fsp3) is 0.500. The summed E-state index contributed by atoms with van der Waals surface area (Å²) in [5.74, 6) is 0. The molecule has 1 heterocycles. The minimum absolute atomic E-state index is 0.00531. The normalized spacial score (nSPS) is 16.5. The molecule has 0 bridgehead atoms. The Morgan fingerprint density at radius 3 is 2.79 bits per heavy atom. The number of non-ortho nitro benzene ring substituents is 1. The molecule has 1 aromatic rings. The zero-order valence-corrected chi connectivity index (χ0v) is 10.5. The van der Waals surface area contributed by atoms with E-state index in [4.69, 9.17) is 14.4 Å². The van der Waals surface area contributed by atoms with Crippen molar-refractivity contribution >= 4 is 5.69 Å². The Balaban J connectivity index is 2.26. The maximum Gasteiger partial charge on any atom is 0.269 e. The van der Waals surface area contributed by atoms with Crippen molar-refractivity contribution in [3.8, 4) is 0 Å². The molecular weight excluding hydrogens is 254 g/mol. The molecule has 1 saturated heterocycles. The van der Waals surface area contributed by atoms with E-state index in [9.17, 15) is 10.1 Å². The fourth-order valence-electron chi connectivity index (χ4n) is 1.85. The smallest absolute Gasteiger partial charge is 0.269 e. The predicted octanol–water partition coefficient (Wildman–Crippen LogP) is 2.11. The van der Waals surface area contributed by atoms with Gasteiger partial charge < -0.3 is 9.47 Å². The van der Waals surface area contributed by atoms with E-state index >= 15 is 0 Å². The number of hydrogen-bond donors (Lipinski definition) is 0. The molecule has 2 rings (SSSR count). The second-order valence-corrected chi connectivity index (χ2v) is 4.00.